The van der Waals surface area contributed by atoms with E-state index >= 15 is 0 Å². The Morgan fingerprint density at radius 1 is 1.08 bits per heavy atom. The predicted octanol–water partition coefficient (Wildman–Crippen LogP) is 6.16. The average Bonchev–Trinajstić information content (AvgIpc) is 2.48. The normalized spacial score (nSPS) is 12.1. The molecule has 0 bridgehead atoms. The van der Waals surface area contributed by atoms with Gasteiger partial charge in [0.1, 0.15) is 5.75 Å². The number of halogens is 4. The van der Waals surface area contributed by atoms with Gasteiger partial charge in [-0.05, 0) is 146 Å². The van der Waals surface area contributed by atoms with E-state index in [-0.39, 0.29) is 0 Å². The van der Waals surface area contributed by atoms with E-state index in [4.69, 9.17) is 16.8 Å². The highest BCUT2D eigenvalue weighted by atomic mass is 127. The third kappa shape index (κ3) is 5.32. The lowest BCUT2D eigenvalue weighted by molar-refractivity contribution is -0.140. The van der Waals surface area contributed by atoms with Gasteiger partial charge in [-0.3, -0.25) is 4.79 Å². The molecule has 2 aromatic rings. The maximum absolute atomic E-state index is 10.9. The Kier molecular flexibility index (Phi) is 7.87. The second-order valence-corrected chi connectivity index (χ2v) is 9.80. The first kappa shape index (κ1) is 20.9. The zero-order chi connectivity index (χ0) is 18.0. The van der Waals surface area contributed by atoms with Crippen molar-refractivity contribution in [3.05, 3.63) is 56.6 Å². The van der Waals surface area contributed by atoms with Crippen LogP contribution in [0.2, 0.25) is 0 Å². The van der Waals surface area contributed by atoms with E-state index in [1.54, 1.807) is 0 Å². The number of aliphatic carboxylic acids is 1. The number of rotatable bonds is 5. The van der Waals surface area contributed by atoms with Gasteiger partial charge >= 0.3 is 5.97 Å². The number of ether oxygens (including phenoxy) is 1. The maximum Gasteiger partial charge on any atom is 0.307 e. The van der Waals surface area contributed by atoms with E-state index in [0.717, 1.165) is 31.3 Å². The Hall–Kier alpha value is 0.630. The molecule has 3 nitrogen and oxygen atoms in total. The van der Waals surface area contributed by atoms with E-state index < -0.39 is 11.9 Å². The zero-order valence-corrected chi connectivity index (χ0v) is 21.1. The second kappa shape index (κ2) is 9.02. The van der Waals surface area contributed by atoms with Crippen molar-refractivity contribution in [2.24, 2.45) is 5.92 Å². The number of carboxylic acid groups (broad SMARTS) is 1. The van der Waals surface area contributed by atoms with Gasteiger partial charge < -0.3 is 9.84 Å². The molecule has 0 fully saturated rings. The van der Waals surface area contributed by atoms with Crippen LogP contribution in [0, 0.1) is 34.0 Å². The minimum atomic E-state index is -0.996. The minimum absolute atomic E-state index is 0.294. The van der Waals surface area contributed by atoms with Crippen LogP contribution in [0.5, 0.6) is 11.5 Å². The molecule has 24 heavy (non-hydrogen) atoms. The van der Waals surface area contributed by atoms with Gasteiger partial charge in [-0.2, -0.15) is 0 Å². The van der Waals surface area contributed by atoms with Gasteiger partial charge in [0, 0.05) is 7.14 Å². The van der Waals surface area contributed by atoms with Gasteiger partial charge in [0.05, 0.1) is 13.1 Å². The van der Waals surface area contributed by atoms with Gasteiger partial charge in [-0.15, -0.1) is 0 Å². The highest BCUT2D eigenvalue weighted by Crippen LogP contribution is 2.35. The number of hydrogen-bond donors (Lipinski definition) is 1. The van der Waals surface area contributed by atoms with Crippen LogP contribution in [0.1, 0.15) is 11.1 Å². The lowest BCUT2D eigenvalue weighted by atomic mass is 10.0. The Labute approximate surface area is 195 Å². The van der Waals surface area contributed by atoms with E-state index in [9.17, 15) is 4.79 Å². The first-order valence-corrected chi connectivity index (χ1v) is 11.1. The largest absolute Gasteiger partial charge is 0.481 e. The Morgan fingerprint density at radius 2 is 1.58 bits per heavy atom. The van der Waals surface area contributed by atoms with Crippen LogP contribution in [-0.4, -0.2) is 11.1 Å². The molecule has 1 atom stereocenters. The van der Waals surface area contributed by atoms with Crippen LogP contribution in [0.3, 0.4) is 0 Å². The van der Waals surface area contributed by atoms with Gasteiger partial charge in [0.15, 0.2) is 5.75 Å². The third-order valence-electron chi connectivity index (χ3n) is 3.31. The predicted molar refractivity (Wildman–Crippen MR) is 128 cm³/mol. The summed E-state index contributed by atoms with van der Waals surface area (Å²) in [4.78, 5) is 10.9. The fourth-order valence-electron chi connectivity index (χ4n) is 1.97. The van der Waals surface area contributed by atoms with Gasteiger partial charge in [0.25, 0.3) is 0 Å². The van der Waals surface area contributed by atoms with Crippen molar-refractivity contribution in [1.82, 2.24) is 0 Å². The van der Waals surface area contributed by atoms with Crippen LogP contribution in [0.25, 0.3) is 0 Å². The summed E-state index contributed by atoms with van der Waals surface area (Å²) < 4.78 is 10.3. The van der Waals surface area contributed by atoms with Crippen LogP contribution < -0.4 is 4.74 Å². The van der Waals surface area contributed by atoms with Crippen molar-refractivity contribution in [3.8, 4) is 11.5 Å². The van der Waals surface area contributed by atoms with E-state index in [0.29, 0.717) is 6.42 Å². The summed E-state index contributed by atoms with van der Waals surface area (Å²) in [6.07, 6.45) is 0.294. The molecule has 0 saturated carbocycles. The average molecular weight is 772 g/mol. The highest BCUT2D eigenvalue weighted by Gasteiger charge is 2.16. The number of hydrogen-bond acceptors (Lipinski definition) is 2. The van der Waals surface area contributed by atoms with E-state index in [2.05, 4.69) is 97.3 Å². The number of benzene rings is 2. The van der Waals surface area contributed by atoms with Crippen LogP contribution in [-0.2, 0) is 11.2 Å². The van der Waals surface area contributed by atoms with Gasteiger partial charge in [-0.1, -0.05) is 0 Å². The fourth-order valence-corrected chi connectivity index (χ4v) is 5.80. The molecule has 0 heterocycles. The summed E-state index contributed by atoms with van der Waals surface area (Å²) in [5, 5.41) is 8.95. The Bertz CT molecular complexity index is 743. The van der Waals surface area contributed by atoms with E-state index in [1.807, 2.05) is 24.3 Å². The van der Waals surface area contributed by atoms with Gasteiger partial charge in [-0.25, -0.2) is 0 Å². The lowest BCUT2D eigenvalue weighted by Gasteiger charge is -2.14. The number of carboxylic acids is 1. The molecule has 7 heteroatoms. The summed E-state index contributed by atoms with van der Waals surface area (Å²) >= 11 is 9.01. The molecule has 1 N–H and O–H groups in total. The molecule has 0 spiro atoms. The summed E-state index contributed by atoms with van der Waals surface area (Å²) in [5.74, 6) is -0.327. The quantitative estimate of drug-likeness (QED) is 0.371. The standard InChI is InChI=1S/C17H12I4O3/c1-8(17(22)23)3-10-4-14(20)16(15(21)5-10)24-11-6-12(18)9(2)13(19)7-11/h1,4-8H,3H2,2H3,(H,22,23)/t8-/m0/s1. The van der Waals surface area contributed by atoms with Crippen molar-refractivity contribution in [1.29, 1.82) is 0 Å². The molecule has 2 radical (unpaired) electrons. The summed E-state index contributed by atoms with van der Waals surface area (Å²) in [6.45, 7) is 7.71. The summed E-state index contributed by atoms with van der Waals surface area (Å²) in [5.41, 5.74) is 2.13. The number of carbonyl (C=O) groups is 1. The maximum atomic E-state index is 10.9. The molecule has 0 amide bonds. The van der Waals surface area contributed by atoms with Crippen LogP contribution in [0.15, 0.2) is 24.3 Å². The molecule has 0 aliphatic rings. The molecular formula is C17H12I4O3. The minimum Gasteiger partial charge on any atom is -0.481 e. The molecule has 0 saturated heterocycles. The molecule has 126 valence electrons. The SMILES string of the molecule is [CH][C@@H](Cc1cc(I)c(Oc2cc(I)c(C)c(I)c2)c(I)c1)C(=O)O. The molecule has 0 aromatic heterocycles. The van der Waals surface area contributed by atoms with Crippen molar-refractivity contribution >= 4 is 96.3 Å². The topological polar surface area (TPSA) is 46.5 Å². The van der Waals surface area contributed by atoms with E-state index in [1.165, 1.54) is 5.56 Å². The third-order valence-corrected chi connectivity index (χ3v) is 7.15. The highest BCUT2D eigenvalue weighted by molar-refractivity contribution is 14.1. The molecule has 2 rings (SSSR count). The summed E-state index contributed by atoms with van der Waals surface area (Å²) in [7, 11) is 0. The first-order valence-electron chi connectivity index (χ1n) is 6.79. The molecule has 0 aliphatic carbocycles. The Balaban J connectivity index is 2.30. The smallest absolute Gasteiger partial charge is 0.307 e. The van der Waals surface area contributed by atoms with Crippen LogP contribution in [0.4, 0.5) is 0 Å². The molecular weight excluding hydrogens is 760 g/mol. The molecule has 0 aliphatic heterocycles. The monoisotopic (exact) mass is 772 g/mol. The van der Waals surface area contributed by atoms with Crippen molar-refractivity contribution in [3.63, 3.8) is 0 Å². The molecule has 0 unspecified atom stereocenters. The molecule has 2 aromatic carbocycles. The fraction of sp³-hybridized carbons (Fsp3) is 0.176. The summed E-state index contributed by atoms with van der Waals surface area (Å²) in [6, 6.07) is 7.87. The van der Waals surface area contributed by atoms with Gasteiger partial charge in [0.2, 0.25) is 0 Å². The lowest BCUT2D eigenvalue weighted by Crippen LogP contribution is -2.12. The van der Waals surface area contributed by atoms with Crippen molar-refractivity contribution in [2.75, 3.05) is 0 Å². The first-order chi connectivity index (χ1) is 11.2. The Morgan fingerprint density at radius 3 is 2.04 bits per heavy atom. The zero-order valence-electron chi connectivity index (χ0n) is 12.4. The van der Waals surface area contributed by atoms with Crippen molar-refractivity contribution < 1.29 is 14.6 Å². The second-order valence-electron chi connectivity index (χ2n) is 5.15. The van der Waals surface area contributed by atoms with Crippen LogP contribution >= 0.6 is 90.4 Å². The van der Waals surface area contributed by atoms with Crippen molar-refractivity contribution in [2.45, 2.75) is 13.3 Å².